The molecule has 0 aliphatic rings. The van der Waals surface area contributed by atoms with E-state index in [1.807, 2.05) is 0 Å². The highest BCUT2D eigenvalue weighted by atomic mass is 35.5. The minimum atomic E-state index is -0.212. The molecule has 0 radical (unpaired) electrons. The number of hydrogen-bond acceptors (Lipinski definition) is 1. The number of halogens is 2. The first kappa shape index (κ1) is 12.5. The lowest BCUT2D eigenvalue weighted by molar-refractivity contribution is 0.618. The van der Waals surface area contributed by atoms with Gasteiger partial charge in [0.15, 0.2) is 0 Å². The van der Waals surface area contributed by atoms with Crippen molar-refractivity contribution in [2.75, 3.05) is 13.1 Å². The molecule has 0 spiro atoms. The Morgan fingerprint density at radius 3 is 2.87 bits per heavy atom. The number of aryl methyl sites for hydroxylation is 1. The average molecular weight is 230 g/mol. The Balaban J connectivity index is 2.33. The van der Waals surface area contributed by atoms with Crippen LogP contribution in [0.2, 0.25) is 5.02 Å². The van der Waals surface area contributed by atoms with Crippen LogP contribution >= 0.6 is 11.6 Å². The molecule has 1 aromatic rings. The third kappa shape index (κ3) is 4.63. The van der Waals surface area contributed by atoms with Crippen molar-refractivity contribution in [1.82, 2.24) is 5.32 Å². The SMILES string of the molecule is CCCNCCCc1cc(F)ccc1Cl. The fourth-order valence-corrected chi connectivity index (χ4v) is 1.65. The second-order valence-electron chi connectivity index (χ2n) is 3.59. The van der Waals surface area contributed by atoms with Crippen LogP contribution in [-0.4, -0.2) is 13.1 Å². The lowest BCUT2D eigenvalue weighted by Gasteiger charge is -2.05. The highest BCUT2D eigenvalue weighted by Crippen LogP contribution is 2.18. The number of nitrogens with one attached hydrogen (secondary N) is 1. The number of benzene rings is 1. The summed E-state index contributed by atoms with van der Waals surface area (Å²) in [5, 5.41) is 3.96. The fourth-order valence-electron chi connectivity index (χ4n) is 1.44. The van der Waals surface area contributed by atoms with Gasteiger partial charge in [0.2, 0.25) is 0 Å². The summed E-state index contributed by atoms with van der Waals surface area (Å²) in [7, 11) is 0. The Hall–Kier alpha value is -0.600. The van der Waals surface area contributed by atoms with E-state index in [1.165, 1.54) is 12.1 Å². The van der Waals surface area contributed by atoms with Gasteiger partial charge in [-0.05, 0) is 56.1 Å². The van der Waals surface area contributed by atoms with Crippen molar-refractivity contribution in [1.29, 1.82) is 0 Å². The molecule has 0 fully saturated rings. The van der Waals surface area contributed by atoms with E-state index in [2.05, 4.69) is 12.2 Å². The monoisotopic (exact) mass is 229 g/mol. The van der Waals surface area contributed by atoms with Crippen LogP contribution in [-0.2, 0) is 6.42 Å². The third-order valence-corrected chi connectivity index (χ3v) is 2.60. The molecule has 0 saturated heterocycles. The maximum absolute atomic E-state index is 12.9. The molecule has 1 N–H and O–H groups in total. The summed E-state index contributed by atoms with van der Waals surface area (Å²) in [6.07, 6.45) is 2.96. The van der Waals surface area contributed by atoms with Crippen molar-refractivity contribution in [3.63, 3.8) is 0 Å². The predicted octanol–water partition coefficient (Wildman–Crippen LogP) is 3.41. The smallest absolute Gasteiger partial charge is 0.123 e. The Labute approximate surface area is 95.6 Å². The summed E-state index contributed by atoms with van der Waals surface area (Å²) in [6.45, 7) is 4.13. The van der Waals surface area contributed by atoms with Gasteiger partial charge in [0, 0.05) is 5.02 Å². The Kier molecular flexibility index (Phi) is 5.66. The minimum absolute atomic E-state index is 0.212. The quantitative estimate of drug-likeness (QED) is 0.738. The molecule has 3 heteroatoms. The summed E-state index contributed by atoms with van der Waals surface area (Å²) in [5.41, 5.74) is 0.898. The molecule has 0 saturated carbocycles. The molecule has 0 aliphatic heterocycles. The van der Waals surface area contributed by atoms with Crippen molar-refractivity contribution in [2.45, 2.75) is 26.2 Å². The first-order valence-corrected chi connectivity index (χ1v) is 5.76. The maximum atomic E-state index is 12.9. The van der Waals surface area contributed by atoms with Crippen LogP contribution < -0.4 is 5.32 Å². The maximum Gasteiger partial charge on any atom is 0.123 e. The predicted molar refractivity (Wildman–Crippen MR) is 62.9 cm³/mol. The van der Waals surface area contributed by atoms with E-state index < -0.39 is 0 Å². The van der Waals surface area contributed by atoms with E-state index in [0.29, 0.717) is 5.02 Å². The van der Waals surface area contributed by atoms with Crippen molar-refractivity contribution in [2.24, 2.45) is 0 Å². The molecule has 0 atom stereocenters. The Morgan fingerprint density at radius 1 is 1.33 bits per heavy atom. The van der Waals surface area contributed by atoms with Crippen molar-refractivity contribution >= 4 is 11.6 Å². The van der Waals surface area contributed by atoms with Gasteiger partial charge in [-0.25, -0.2) is 4.39 Å². The van der Waals surface area contributed by atoms with Crippen molar-refractivity contribution < 1.29 is 4.39 Å². The largest absolute Gasteiger partial charge is 0.317 e. The van der Waals surface area contributed by atoms with Gasteiger partial charge in [0.1, 0.15) is 5.82 Å². The molecule has 0 aliphatic carbocycles. The first-order valence-electron chi connectivity index (χ1n) is 5.38. The van der Waals surface area contributed by atoms with Crippen LogP contribution in [0.4, 0.5) is 4.39 Å². The van der Waals surface area contributed by atoms with Gasteiger partial charge >= 0.3 is 0 Å². The van der Waals surface area contributed by atoms with Crippen LogP contribution in [0.15, 0.2) is 18.2 Å². The second kappa shape index (κ2) is 6.81. The molecule has 0 unspecified atom stereocenters. The van der Waals surface area contributed by atoms with Crippen LogP contribution in [0.1, 0.15) is 25.3 Å². The molecule has 0 bridgehead atoms. The molecule has 0 aromatic heterocycles. The molecule has 1 rings (SSSR count). The zero-order valence-corrected chi connectivity index (χ0v) is 9.78. The lowest BCUT2D eigenvalue weighted by Crippen LogP contribution is -2.16. The molecular weight excluding hydrogens is 213 g/mol. The van der Waals surface area contributed by atoms with Crippen LogP contribution in [0.5, 0.6) is 0 Å². The van der Waals surface area contributed by atoms with Gasteiger partial charge < -0.3 is 5.32 Å². The number of rotatable bonds is 6. The molecule has 1 nitrogen and oxygen atoms in total. The van der Waals surface area contributed by atoms with Crippen LogP contribution in [0.3, 0.4) is 0 Å². The third-order valence-electron chi connectivity index (χ3n) is 2.23. The average Bonchev–Trinajstić information content (AvgIpc) is 2.23. The fraction of sp³-hybridized carbons (Fsp3) is 0.500. The molecule has 1 aromatic carbocycles. The summed E-state index contributed by atoms with van der Waals surface area (Å²) in [4.78, 5) is 0. The van der Waals surface area contributed by atoms with Gasteiger partial charge in [-0.3, -0.25) is 0 Å². The van der Waals surface area contributed by atoms with E-state index in [9.17, 15) is 4.39 Å². The summed E-state index contributed by atoms with van der Waals surface area (Å²) < 4.78 is 12.9. The molecule has 0 amide bonds. The van der Waals surface area contributed by atoms with Gasteiger partial charge in [-0.2, -0.15) is 0 Å². The summed E-state index contributed by atoms with van der Waals surface area (Å²) in [5.74, 6) is -0.212. The van der Waals surface area contributed by atoms with E-state index in [-0.39, 0.29) is 5.82 Å². The second-order valence-corrected chi connectivity index (χ2v) is 4.00. The Morgan fingerprint density at radius 2 is 2.13 bits per heavy atom. The van der Waals surface area contributed by atoms with Gasteiger partial charge in [-0.15, -0.1) is 0 Å². The van der Waals surface area contributed by atoms with Gasteiger partial charge in [0.05, 0.1) is 0 Å². The highest BCUT2D eigenvalue weighted by Gasteiger charge is 2.01. The first-order chi connectivity index (χ1) is 7.24. The standard InChI is InChI=1S/C12H17ClFN/c1-2-7-15-8-3-4-10-9-11(14)5-6-12(10)13/h5-6,9,15H,2-4,7-8H2,1H3. The van der Waals surface area contributed by atoms with Gasteiger partial charge in [0.25, 0.3) is 0 Å². The van der Waals surface area contributed by atoms with Gasteiger partial charge in [-0.1, -0.05) is 18.5 Å². The van der Waals surface area contributed by atoms with E-state index in [4.69, 9.17) is 11.6 Å². The molecule has 15 heavy (non-hydrogen) atoms. The van der Waals surface area contributed by atoms with E-state index in [1.54, 1.807) is 6.07 Å². The number of hydrogen-bond donors (Lipinski definition) is 1. The Bertz CT molecular complexity index is 302. The van der Waals surface area contributed by atoms with Crippen LogP contribution in [0, 0.1) is 5.82 Å². The lowest BCUT2D eigenvalue weighted by atomic mass is 10.1. The highest BCUT2D eigenvalue weighted by molar-refractivity contribution is 6.31. The zero-order chi connectivity index (χ0) is 11.1. The van der Waals surface area contributed by atoms with Crippen LogP contribution in [0.25, 0.3) is 0 Å². The van der Waals surface area contributed by atoms with E-state index in [0.717, 1.165) is 37.9 Å². The normalized spacial score (nSPS) is 10.6. The molecule has 0 heterocycles. The summed E-state index contributed by atoms with van der Waals surface area (Å²) in [6, 6.07) is 4.52. The molecule has 84 valence electrons. The molecular formula is C12H17ClFN. The zero-order valence-electron chi connectivity index (χ0n) is 9.02. The summed E-state index contributed by atoms with van der Waals surface area (Å²) >= 11 is 5.95. The topological polar surface area (TPSA) is 12.0 Å². The van der Waals surface area contributed by atoms with E-state index >= 15 is 0 Å². The van der Waals surface area contributed by atoms with Crippen molar-refractivity contribution in [3.05, 3.63) is 34.6 Å². The minimum Gasteiger partial charge on any atom is -0.317 e. The van der Waals surface area contributed by atoms with Crippen molar-refractivity contribution in [3.8, 4) is 0 Å².